The van der Waals surface area contributed by atoms with Gasteiger partial charge >= 0.3 is 15.4 Å². The summed E-state index contributed by atoms with van der Waals surface area (Å²) < 4.78 is 73.3. The SMILES string of the molecule is O=C1CC(c2cc(F)cc(C(F)(F)F)c2)N1S(=O)(=O)Cl. The number of alkyl halides is 3. The number of rotatable bonds is 2. The number of nitrogens with zero attached hydrogens (tertiary/aromatic N) is 1. The monoisotopic (exact) mass is 331 g/mol. The van der Waals surface area contributed by atoms with Crippen LogP contribution in [0.25, 0.3) is 0 Å². The van der Waals surface area contributed by atoms with Crippen LogP contribution in [0.3, 0.4) is 0 Å². The maximum absolute atomic E-state index is 13.2. The van der Waals surface area contributed by atoms with Crippen LogP contribution < -0.4 is 0 Å². The standard InChI is InChI=1S/C10H6ClF4NO3S/c11-20(18,19)16-8(4-9(16)17)5-1-6(10(13,14)15)3-7(12)2-5/h1-3,8H,4H2. The van der Waals surface area contributed by atoms with Gasteiger partial charge in [-0.05, 0) is 23.8 Å². The van der Waals surface area contributed by atoms with E-state index < -0.39 is 38.7 Å². The van der Waals surface area contributed by atoms with Crippen molar-refractivity contribution in [2.45, 2.75) is 18.6 Å². The fraction of sp³-hybridized carbons (Fsp3) is 0.300. The van der Waals surface area contributed by atoms with Gasteiger partial charge in [-0.25, -0.2) is 8.70 Å². The predicted molar refractivity (Wildman–Crippen MR) is 60.4 cm³/mol. The fourth-order valence-corrected chi connectivity index (χ4v) is 3.23. The molecule has 0 radical (unpaired) electrons. The lowest BCUT2D eigenvalue weighted by atomic mass is 9.95. The minimum atomic E-state index is -4.78. The lowest BCUT2D eigenvalue weighted by Gasteiger charge is -2.37. The second-order valence-electron chi connectivity index (χ2n) is 4.12. The first-order valence-electron chi connectivity index (χ1n) is 5.14. The Morgan fingerprint density at radius 1 is 1.25 bits per heavy atom. The molecule has 1 aromatic rings. The predicted octanol–water partition coefficient (Wildman–Crippen LogP) is 2.60. The highest BCUT2D eigenvalue weighted by Gasteiger charge is 2.45. The van der Waals surface area contributed by atoms with Gasteiger partial charge in [-0.1, -0.05) is 0 Å². The molecule has 0 aliphatic carbocycles. The molecule has 0 N–H and O–H groups in total. The van der Waals surface area contributed by atoms with Crippen molar-refractivity contribution in [1.82, 2.24) is 4.31 Å². The molecule has 4 nitrogen and oxygen atoms in total. The largest absolute Gasteiger partial charge is 0.416 e. The zero-order valence-electron chi connectivity index (χ0n) is 9.49. The Morgan fingerprint density at radius 3 is 2.30 bits per heavy atom. The van der Waals surface area contributed by atoms with Crippen molar-refractivity contribution in [3.8, 4) is 0 Å². The summed E-state index contributed by atoms with van der Waals surface area (Å²) in [6.45, 7) is 0. The normalized spacial score (nSPS) is 19.9. The molecule has 1 aromatic carbocycles. The van der Waals surface area contributed by atoms with Gasteiger partial charge in [-0.2, -0.15) is 21.6 Å². The van der Waals surface area contributed by atoms with Gasteiger partial charge in [0.1, 0.15) is 5.82 Å². The molecule has 1 aliphatic heterocycles. The third-order valence-corrected chi connectivity index (χ3v) is 4.14. The zero-order valence-corrected chi connectivity index (χ0v) is 11.1. The minimum absolute atomic E-state index is 0.226. The highest BCUT2D eigenvalue weighted by Crippen LogP contribution is 2.40. The first-order chi connectivity index (χ1) is 9.00. The Bertz CT molecular complexity index is 674. The number of carbonyl (C=O) groups excluding carboxylic acids is 1. The van der Waals surface area contributed by atoms with Crippen LogP contribution in [0.2, 0.25) is 0 Å². The second kappa shape index (κ2) is 4.59. The number of carbonyl (C=O) groups is 1. The van der Waals surface area contributed by atoms with Crippen molar-refractivity contribution in [1.29, 1.82) is 0 Å². The lowest BCUT2D eigenvalue weighted by Crippen LogP contribution is -2.48. The van der Waals surface area contributed by atoms with Crippen molar-refractivity contribution < 1.29 is 30.8 Å². The quantitative estimate of drug-likeness (QED) is 0.475. The molecular weight excluding hydrogens is 326 g/mol. The van der Waals surface area contributed by atoms with Gasteiger partial charge in [0.15, 0.2) is 0 Å². The lowest BCUT2D eigenvalue weighted by molar-refractivity contribution is -0.138. The van der Waals surface area contributed by atoms with Crippen LogP contribution in [0.5, 0.6) is 0 Å². The summed E-state index contributed by atoms with van der Waals surface area (Å²) in [6.07, 6.45) is -5.14. The molecule has 1 saturated heterocycles. The number of benzene rings is 1. The fourth-order valence-electron chi connectivity index (χ4n) is 1.89. The summed E-state index contributed by atoms with van der Waals surface area (Å²) >= 11 is 0. The maximum atomic E-state index is 13.2. The molecule has 0 bridgehead atoms. The van der Waals surface area contributed by atoms with Crippen LogP contribution in [0.4, 0.5) is 17.6 Å². The van der Waals surface area contributed by atoms with E-state index in [1.807, 2.05) is 0 Å². The van der Waals surface area contributed by atoms with Gasteiger partial charge < -0.3 is 0 Å². The van der Waals surface area contributed by atoms with Crippen LogP contribution in [-0.2, 0) is 20.2 Å². The van der Waals surface area contributed by atoms with Crippen molar-refractivity contribution in [3.63, 3.8) is 0 Å². The first-order valence-corrected chi connectivity index (χ1v) is 7.41. The highest BCUT2D eigenvalue weighted by atomic mass is 35.7. The molecule has 1 atom stereocenters. The summed E-state index contributed by atoms with van der Waals surface area (Å²) in [5.74, 6) is -2.04. The van der Waals surface area contributed by atoms with Gasteiger partial charge in [0.05, 0.1) is 18.0 Å². The van der Waals surface area contributed by atoms with Crippen LogP contribution in [0.1, 0.15) is 23.6 Å². The highest BCUT2D eigenvalue weighted by molar-refractivity contribution is 8.12. The van der Waals surface area contributed by atoms with E-state index in [0.717, 1.165) is 6.07 Å². The molecule has 0 saturated carbocycles. The van der Waals surface area contributed by atoms with E-state index >= 15 is 0 Å². The van der Waals surface area contributed by atoms with E-state index in [1.54, 1.807) is 0 Å². The molecular formula is C10H6ClF4NO3S. The van der Waals surface area contributed by atoms with E-state index in [2.05, 4.69) is 0 Å². The third-order valence-electron chi connectivity index (χ3n) is 2.76. The Kier molecular flexibility index (Phi) is 3.45. The van der Waals surface area contributed by atoms with E-state index in [-0.39, 0.29) is 22.4 Å². The topological polar surface area (TPSA) is 54.5 Å². The van der Waals surface area contributed by atoms with Gasteiger partial charge in [-0.15, -0.1) is 0 Å². The van der Waals surface area contributed by atoms with Crippen molar-refractivity contribution in [2.24, 2.45) is 0 Å². The Balaban J connectivity index is 2.45. The molecule has 10 heteroatoms. The molecule has 1 unspecified atom stereocenters. The van der Waals surface area contributed by atoms with Gasteiger partial charge in [0.2, 0.25) is 5.91 Å². The first kappa shape index (κ1) is 15.0. The Morgan fingerprint density at radius 2 is 1.85 bits per heavy atom. The summed E-state index contributed by atoms with van der Waals surface area (Å²) in [4.78, 5) is 11.2. The smallest absolute Gasteiger partial charge is 0.274 e. The summed E-state index contributed by atoms with van der Waals surface area (Å²) in [5, 5.41) is 0. The minimum Gasteiger partial charge on any atom is -0.274 e. The van der Waals surface area contributed by atoms with Gasteiger partial charge in [0.25, 0.3) is 0 Å². The number of hydrogen-bond acceptors (Lipinski definition) is 3. The Labute approximate surface area is 115 Å². The van der Waals surface area contributed by atoms with E-state index in [0.29, 0.717) is 6.07 Å². The average Bonchev–Trinajstić information content (AvgIpc) is 2.20. The Hall–Kier alpha value is -1.35. The summed E-state index contributed by atoms with van der Waals surface area (Å²) in [7, 11) is 0.584. The van der Waals surface area contributed by atoms with Crippen molar-refractivity contribution >= 4 is 25.8 Å². The zero-order chi connectivity index (χ0) is 15.3. The second-order valence-corrected chi connectivity index (χ2v) is 6.51. The van der Waals surface area contributed by atoms with Gasteiger partial charge in [0, 0.05) is 10.7 Å². The summed E-state index contributed by atoms with van der Waals surface area (Å²) in [6, 6.07) is 0.391. The van der Waals surface area contributed by atoms with E-state index in [9.17, 15) is 30.8 Å². The molecule has 110 valence electrons. The molecule has 2 rings (SSSR count). The molecule has 1 aliphatic rings. The van der Waals surface area contributed by atoms with Crippen LogP contribution in [0.15, 0.2) is 18.2 Å². The molecule has 1 heterocycles. The number of halogens is 5. The van der Waals surface area contributed by atoms with E-state index in [4.69, 9.17) is 10.7 Å². The van der Waals surface area contributed by atoms with Crippen LogP contribution in [0, 0.1) is 5.82 Å². The van der Waals surface area contributed by atoms with Crippen molar-refractivity contribution in [2.75, 3.05) is 0 Å². The van der Waals surface area contributed by atoms with Crippen molar-refractivity contribution in [3.05, 3.63) is 35.1 Å². The molecule has 0 aromatic heterocycles. The molecule has 20 heavy (non-hydrogen) atoms. The average molecular weight is 332 g/mol. The van der Waals surface area contributed by atoms with Crippen LogP contribution in [-0.4, -0.2) is 18.6 Å². The third kappa shape index (κ3) is 2.73. The summed E-state index contributed by atoms with van der Waals surface area (Å²) in [5.41, 5.74) is -1.54. The molecule has 1 amide bonds. The van der Waals surface area contributed by atoms with Crippen LogP contribution >= 0.6 is 10.7 Å². The number of β-lactam (4-membered cyclic amide) rings is 1. The number of hydrogen-bond donors (Lipinski definition) is 0. The van der Waals surface area contributed by atoms with E-state index in [1.165, 1.54) is 0 Å². The van der Waals surface area contributed by atoms with Gasteiger partial charge in [-0.3, -0.25) is 4.79 Å². The number of amides is 1. The molecule has 1 fully saturated rings. The maximum Gasteiger partial charge on any atom is 0.416 e. The molecule has 0 spiro atoms.